The van der Waals surface area contributed by atoms with Gasteiger partial charge >= 0.3 is 16.3 Å². The number of carbonyl (C=O) groups is 1. The van der Waals surface area contributed by atoms with Crippen molar-refractivity contribution in [1.29, 1.82) is 0 Å². The van der Waals surface area contributed by atoms with Crippen LogP contribution in [0.25, 0.3) is 0 Å². The number of fused-ring (bicyclic) bond motifs is 1. The molecule has 0 spiro atoms. The first-order valence-corrected chi connectivity index (χ1v) is 11.1. The quantitative estimate of drug-likeness (QED) is 0.765. The topological polar surface area (TPSA) is 123 Å². The summed E-state index contributed by atoms with van der Waals surface area (Å²) in [7, 11) is -3.81. The van der Waals surface area contributed by atoms with Crippen LogP contribution in [0, 0.1) is 5.92 Å². The summed E-state index contributed by atoms with van der Waals surface area (Å²) in [5.74, 6) is 0.857. The Labute approximate surface area is 171 Å². The Morgan fingerprint density at radius 1 is 1.31 bits per heavy atom. The highest BCUT2D eigenvalue weighted by Gasteiger charge is 2.27. The smallest absolute Gasteiger partial charge is 0.410 e. The van der Waals surface area contributed by atoms with Crippen molar-refractivity contribution in [2.75, 3.05) is 24.4 Å². The van der Waals surface area contributed by atoms with E-state index in [1.54, 1.807) is 23.1 Å². The van der Waals surface area contributed by atoms with Gasteiger partial charge in [-0.05, 0) is 58.1 Å². The first-order valence-electron chi connectivity index (χ1n) is 9.66. The normalized spacial score (nSPS) is 19.0. The molecular weight excluding hydrogens is 396 g/mol. The van der Waals surface area contributed by atoms with Crippen LogP contribution in [-0.4, -0.2) is 50.5 Å². The van der Waals surface area contributed by atoms with E-state index in [0.717, 1.165) is 19.3 Å². The maximum absolute atomic E-state index is 12.1. The third kappa shape index (κ3) is 5.53. The molecule has 2 heterocycles. The van der Waals surface area contributed by atoms with E-state index in [0.29, 0.717) is 42.6 Å². The number of nitrogens with zero attached hydrogens (tertiary/aromatic N) is 2. The van der Waals surface area contributed by atoms with Crippen LogP contribution in [0.3, 0.4) is 0 Å². The third-order valence-corrected chi connectivity index (χ3v) is 5.70. The van der Waals surface area contributed by atoms with Gasteiger partial charge < -0.3 is 20.1 Å². The molecule has 1 aromatic carbocycles. The zero-order valence-corrected chi connectivity index (χ0v) is 17.8. The summed E-state index contributed by atoms with van der Waals surface area (Å²) in [5, 5.41) is 0. The SMILES string of the molecule is CC(C)(C)OC(=O)N1CCC(CCOc2cccc3c2C(N)=NS(=O)(=O)N3)CC1. The predicted molar refractivity (Wildman–Crippen MR) is 110 cm³/mol. The van der Waals surface area contributed by atoms with Crippen LogP contribution in [-0.2, 0) is 14.9 Å². The Hall–Kier alpha value is -2.49. The number of amidine groups is 1. The number of hydrogen-bond acceptors (Lipinski definition) is 6. The van der Waals surface area contributed by atoms with Crippen LogP contribution in [0.5, 0.6) is 5.75 Å². The molecular formula is C19H28N4O5S. The Kier molecular flexibility index (Phi) is 5.92. The lowest BCUT2D eigenvalue weighted by Gasteiger charge is -2.33. The molecule has 1 aromatic rings. The van der Waals surface area contributed by atoms with E-state index in [1.165, 1.54) is 0 Å². The lowest BCUT2D eigenvalue weighted by atomic mass is 9.94. The van der Waals surface area contributed by atoms with E-state index in [4.69, 9.17) is 15.2 Å². The largest absolute Gasteiger partial charge is 0.493 e. The van der Waals surface area contributed by atoms with Gasteiger partial charge in [-0.1, -0.05) is 6.07 Å². The van der Waals surface area contributed by atoms with E-state index in [-0.39, 0.29) is 11.9 Å². The van der Waals surface area contributed by atoms with Gasteiger partial charge in [0, 0.05) is 13.1 Å². The molecule has 160 valence electrons. The van der Waals surface area contributed by atoms with Gasteiger partial charge in [0.25, 0.3) is 0 Å². The van der Waals surface area contributed by atoms with Crippen LogP contribution < -0.4 is 15.2 Å². The molecule has 0 aliphatic carbocycles. The molecule has 0 aromatic heterocycles. The minimum Gasteiger partial charge on any atom is -0.493 e. The van der Waals surface area contributed by atoms with Crippen molar-refractivity contribution in [3.05, 3.63) is 23.8 Å². The number of anilines is 1. The molecule has 0 bridgehead atoms. The van der Waals surface area contributed by atoms with Gasteiger partial charge in [-0.3, -0.25) is 4.72 Å². The summed E-state index contributed by atoms with van der Waals surface area (Å²) in [6, 6.07) is 5.06. The van der Waals surface area contributed by atoms with Crippen LogP contribution >= 0.6 is 0 Å². The van der Waals surface area contributed by atoms with Crippen molar-refractivity contribution >= 4 is 27.8 Å². The average Bonchev–Trinajstić information content (AvgIpc) is 2.59. The van der Waals surface area contributed by atoms with Gasteiger partial charge in [0.15, 0.2) is 5.84 Å². The summed E-state index contributed by atoms with van der Waals surface area (Å²) in [6.45, 7) is 7.38. The zero-order valence-electron chi connectivity index (χ0n) is 17.0. The van der Waals surface area contributed by atoms with Gasteiger partial charge in [-0.2, -0.15) is 8.42 Å². The minimum atomic E-state index is -3.81. The molecule has 9 nitrogen and oxygen atoms in total. The van der Waals surface area contributed by atoms with E-state index in [1.807, 2.05) is 20.8 Å². The van der Waals surface area contributed by atoms with E-state index in [2.05, 4.69) is 9.12 Å². The molecule has 0 saturated carbocycles. The summed E-state index contributed by atoms with van der Waals surface area (Å²) < 4.78 is 40.4. The lowest BCUT2D eigenvalue weighted by molar-refractivity contribution is 0.0177. The Balaban J connectivity index is 1.51. The molecule has 2 aliphatic heterocycles. The second-order valence-corrected chi connectivity index (χ2v) is 9.62. The van der Waals surface area contributed by atoms with E-state index < -0.39 is 15.8 Å². The lowest BCUT2D eigenvalue weighted by Crippen LogP contribution is -2.41. The highest BCUT2D eigenvalue weighted by Crippen LogP contribution is 2.31. The van der Waals surface area contributed by atoms with Crippen molar-refractivity contribution in [2.24, 2.45) is 16.0 Å². The predicted octanol–water partition coefficient (Wildman–Crippen LogP) is 2.48. The van der Waals surface area contributed by atoms with E-state index in [9.17, 15) is 13.2 Å². The number of nitrogens with one attached hydrogen (secondary N) is 1. The molecule has 3 rings (SSSR count). The molecule has 10 heteroatoms. The fourth-order valence-electron chi connectivity index (χ4n) is 3.40. The van der Waals surface area contributed by atoms with Gasteiger partial charge in [0.1, 0.15) is 11.4 Å². The number of likely N-dealkylation sites (tertiary alicyclic amines) is 1. The molecule has 2 aliphatic rings. The maximum atomic E-state index is 12.1. The van der Waals surface area contributed by atoms with Crippen LogP contribution in [0.1, 0.15) is 45.6 Å². The van der Waals surface area contributed by atoms with Crippen molar-refractivity contribution in [3.63, 3.8) is 0 Å². The van der Waals surface area contributed by atoms with E-state index >= 15 is 0 Å². The molecule has 29 heavy (non-hydrogen) atoms. The first-order chi connectivity index (χ1) is 13.5. The number of ether oxygens (including phenoxy) is 2. The first kappa shape index (κ1) is 21.2. The number of nitrogens with two attached hydrogens (primary N) is 1. The van der Waals surface area contributed by atoms with Crippen LogP contribution in [0.2, 0.25) is 0 Å². The van der Waals surface area contributed by atoms with Gasteiger partial charge in [0.2, 0.25) is 0 Å². The van der Waals surface area contributed by atoms with Crippen LogP contribution in [0.4, 0.5) is 10.5 Å². The molecule has 3 N–H and O–H groups in total. The van der Waals surface area contributed by atoms with Gasteiger partial charge in [0.05, 0.1) is 17.9 Å². The van der Waals surface area contributed by atoms with Gasteiger partial charge in [-0.15, -0.1) is 4.40 Å². The summed E-state index contributed by atoms with van der Waals surface area (Å²) in [4.78, 5) is 13.9. The average molecular weight is 425 g/mol. The summed E-state index contributed by atoms with van der Waals surface area (Å²) in [5.41, 5.74) is 6.16. The second-order valence-electron chi connectivity index (χ2n) is 8.28. The highest BCUT2D eigenvalue weighted by atomic mass is 32.2. The Morgan fingerprint density at radius 3 is 2.66 bits per heavy atom. The third-order valence-electron chi connectivity index (χ3n) is 4.79. The maximum Gasteiger partial charge on any atom is 0.410 e. The molecule has 1 saturated heterocycles. The van der Waals surface area contributed by atoms with Crippen molar-refractivity contribution in [3.8, 4) is 5.75 Å². The second kappa shape index (κ2) is 8.10. The molecule has 0 radical (unpaired) electrons. The number of rotatable bonds is 4. The number of piperidine rings is 1. The number of hydrogen-bond donors (Lipinski definition) is 2. The van der Waals surface area contributed by atoms with Crippen molar-refractivity contribution in [2.45, 2.75) is 45.6 Å². The van der Waals surface area contributed by atoms with Gasteiger partial charge in [-0.25, -0.2) is 4.79 Å². The van der Waals surface area contributed by atoms with Crippen LogP contribution in [0.15, 0.2) is 22.6 Å². The molecule has 0 atom stereocenters. The molecule has 1 fully saturated rings. The standard InChI is InChI=1S/C19H28N4O5S/c1-19(2,3)28-18(24)23-10-7-13(8-11-23)9-12-27-15-6-4-5-14-16(15)17(20)22-29(25,26)21-14/h4-6,13,21H,7-12H2,1-3H3,(H2,20,22). The fraction of sp³-hybridized carbons (Fsp3) is 0.579. The number of benzene rings is 1. The number of carbonyl (C=O) groups excluding carboxylic acids is 1. The molecule has 1 amide bonds. The zero-order chi connectivity index (χ0) is 21.2. The summed E-state index contributed by atoms with van der Waals surface area (Å²) in [6.07, 6.45) is 2.34. The minimum absolute atomic E-state index is 0.0833. The fourth-order valence-corrected chi connectivity index (χ4v) is 4.25. The highest BCUT2D eigenvalue weighted by molar-refractivity contribution is 7.91. The number of amides is 1. The summed E-state index contributed by atoms with van der Waals surface area (Å²) >= 11 is 0. The monoisotopic (exact) mass is 424 g/mol. The van der Waals surface area contributed by atoms with Crippen molar-refractivity contribution < 1.29 is 22.7 Å². The van der Waals surface area contributed by atoms with Crippen molar-refractivity contribution in [1.82, 2.24) is 4.90 Å². The molecule has 0 unspecified atom stereocenters. The Bertz CT molecular complexity index is 900. The Morgan fingerprint density at radius 2 is 2.00 bits per heavy atom.